The first-order valence-electron chi connectivity index (χ1n) is 6.93. The molecule has 0 aliphatic rings. The van der Waals surface area contributed by atoms with E-state index in [0.29, 0.717) is 5.92 Å². The zero-order valence-corrected chi connectivity index (χ0v) is 12.3. The Hall–Kier alpha value is -0.490. The summed E-state index contributed by atoms with van der Waals surface area (Å²) in [6.07, 6.45) is 4.47. The van der Waals surface area contributed by atoms with Gasteiger partial charge in [-0.05, 0) is 35.4 Å². The highest BCUT2D eigenvalue weighted by Crippen LogP contribution is 2.35. The lowest BCUT2D eigenvalue weighted by Gasteiger charge is -2.22. The molecule has 0 aliphatic heterocycles. The molecule has 0 aliphatic carbocycles. The second-order valence-electron chi connectivity index (χ2n) is 4.72. The van der Waals surface area contributed by atoms with E-state index in [1.54, 1.807) is 0 Å². The van der Waals surface area contributed by atoms with E-state index in [4.69, 9.17) is 11.6 Å². The van der Waals surface area contributed by atoms with Crippen LogP contribution < -0.4 is 0 Å². The summed E-state index contributed by atoms with van der Waals surface area (Å²) in [4.78, 5) is 0. The molecule has 0 amide bonds. The molecular weight excluding hydrogens is 228 g/mol. The van der Waals surface area contributed by atoms with Gasteiger partial charge >= 0.3 is 0 Å². The van der Waals surface area contributed by atoms with Crippen LogP contribution >= 0.6 is 11.6 Å². The van der Waals surface area contributed by atoms with E-state index in [1.165, 1.54) is 16.7 Å². The van der Waals surface area contributed by atoms with Crippen LogP contribution in [-0.4, -0.2) is 0 Å². The van der Waals surface area contributed by atoms with Crippen molar-refractivity contribution in [1.82, 2.24) is 0 Å². The molecule has 0 spiro atoms. The predicted molar refractivity (Wildman–Crippen MR) is 77.9 cm³/mol. The lowest BCUT2D eigenvalue weighted by atomic mass is 9.89. The average molecular weight is 253 g/mol. The minimum Gasteiger partial charge on any atom is -0.118 e. The first kappa shape index (κ1) is 14.6. The molecular formula is C16H25Cl. The van der Waals surface area contributed by atoms with Crippen molar-refractivity contribution in [1.29, 1.82) is 0 Å². The van der Waals surface area contributed by atoms with Crippen molar-refractivity contribution in [2.75, 3.05) is 0 Å². The number of alkyl halides is 1. The third-order valence-electron chi connectivity index (χ3n) is 3.76. The SMILES string of the molecule is CCc1ccc(CC)c(C(Cl)C(CC)CC)c1. The van der Waals surface area contributed by atoms with Gasteiger partial charge < -0.3 is 0 Å². The van der Waals surface area contributed by atoms with Crippen LogP contribution in [0.15, 0.2) is 18.2 Å². The molecule has 17 heavy (non-hydrogen) atoms. The lowest BCUT2D eigenvalue weighted by Crippen LogP contribution is -2.08. The second kappa shape index (κ2) is 7.06. The first-order valence-corrected chi connectivity index (χ1v) is 7.37. The zero-order valence-electron chi connectivity index (χ0n) is 11.6. The summed E-state index contributed by atoms with van der Waals surface area (Å²) < 4.78 is 0. The molecule has 0 saturated heterocycles. The van der Waals surface area contributed by atoms with Gasteiger partial charge in [-0.1, -0.05) is 58.7 Å². The van der Waals surface area contributed by atoms with Crippen molar-refractivity contribution in [3.8, 4) is 0 Å². The topological polar surface area (TPSA) is 0 Å². The van der Waals surface area contributed by atoms with E-state index >= 15 is 0 Å². The second-order valence-corrected chi connectivity index (χ2v) is 5.19. The van der Waals surface area contributed by atoms with E-state index in [9.17, 15) is 0 Å². The van der Waals surface area contributed by atoms with Gasteiger partial charge in [0.15, 0.2) is 0 Å². The summed E-state index contributed by atoms with van der Waals surface area (Å²) in [6.45, 7) is 8.88. The Morgan fingerprint density at radius 3 is 2.12 bits per heavy atom. The normalized spacial score (nSPS) is 13.1. The van der Waals surface area contributed by atoms with Crippen molar-refractivity contribution in [2.24, 2.45) is 5.92 Å². The largest absolute Gasteiger partial charge is 0.118 e. The molecule has 1 atom stereocenters. The third kappa shape index (κ3) is 3.48. The Morgan fingerprint density at radius 2 is 1.65 bits per heavy atom. The van der Waals surface area contributed by atoms with Gasteiger partial charge in [0, 0.05) is 0 Å². The Morgan fingerprint density at radius 1 is 1.00 bits per heavy atom. The molecule has 0 aromatic heterocycles. The molecule has 0 fully saturated rings. The van der Waals surface area contributed by atoms with Gasteiger partial charge in [0.25, 0.3) is 0 Å². The van der Waals surface area contributed by atoms with Crippen LogP contribution in [0.1, 0.15) is 62.6 Å². The molecule has 0 N–H and O–H groups in total. The molecule has 1 unspecified atom stereocenters. The molecule has 0 heterocycles. The lowest BCUT2D eigenvalue weighted by molar-refractivity contribution is 0.474. The molecule has 1 rings (SSSR count). The summed E-state index contributed by atoms with van der Waals surface area (Å²) in [5.41, 5.74) is 4.17. The number of hydrogen-bond acceptors (Lipinski definition) is 0. The number of rotatable bonds is 6. The smallest absolute Gasteiger partial charge is 0.0615 e. The van der Waals surface area contributed by atoms with Crippen molar-refractivity contribution in [3.63, 3.8) is 0 Å². The van der Waals surface area contributed by atoms with Gasteiger partial charge in [-0.2, -0.15) is 0 Å². The number of aryl methyl sites for hydroxylation is 2. The molecule has 1 heteroatoms. The number of benzene rings is 1. The van der Waals surface area contributed by atoms with Crippen LogP contribution in [0, 0.1) is 5.92 Å². The molecule has 96 valence electrons. The molecule has 1 aromatic carbocycles. The third-order valence-corrected chi connectivity index (χ3v) is 4.35. The van der Waals surface area contributed by atoms with Crippen LogP contribution in [-0.2, 0) is 12.8 Å². The Balaban J connectivity index is 3.08. The van der Waals surface area contributed by atoms with Crippen LogP contribution in [0.3, 0.4) is 0 Å². The van der Waals surface area contributed by atoms with E-state index in [1.807, 2.05) is 0 Å². The van der Waals surface area contributed by atoms with E-state index < -0.39 is 0 Å². The summed E-state index contributed by atoms with van der Waals surface area (Å²) in [5, 5.41) is 0.173. The van der Waals surface area contributed by atoms with Crippen molar-refractivity contribution >= 4 is 11.6 Å². The van der Waals surface area contributed by atoms with Crippen molar-refractivity contribution < 1.29 is 0 Å². The van der Waals surface area contributed by atoms with Crippen LogP contribution in [0.5, 0.6) is 0 Å². The number of halogens is 1. The van der Waals surface area contributed by atoms with Gasteiger partial charge in [-0.3, -0.25) is 0 Å². The van der Waals surface area contributed by atoms with Gasteiger partial charge in [0.2, 0.25) is 0 Å². The minimum absolute atomic E-state index is 0.173. The van der Waals surface area contributed by atoms with Gasteiger partial charge in [0.1, 0.15) is 0 Å². The maximum Gasteiger partial charge on any atom is 0.0615 e. The molecule has 1 aromatic rings. The Bertz CT molecular complexity index is 339. The van der Waals surface area contributed by atoms with Crippen LogP contribution in [0.2, 0.25) is 0 Å². The molecule has 0 saturated carbocycles. The minimum atomic E-state index is 0.173. The highest BCUT2D eigenvalue weighted by Gasteiger charge is 2.20. The fourth-order valence-electron chi connectivity index (χ4n) is 2.40. The number of hydrogen-bond donors (Lipinski definition) is 0. The zero-order chi connectivity index (χ0) is 12.8. The summed E-state index contributed by atoms with van der Waals surface area (Å²) in [5.74, 6) is 0.592. The van der Waals surface area contributed by atoms with Crippen LogP contribution in [0.25, 0.3) is 0 Å². The van der Waals surface area contributed by atoms with Gasteiger partial charge in [0.05, 0.1) is 5.38 Å². The fraction of sp³-hybridized carbons (Fsp3) is 0.625. The highest BCUT2D eigenvalue weighted by molar-refractivity contribution is 6.21. The monoisotopic (exact) mass is 252 g/mol. The maximum absolute atomic E-state index is 6.69. The molecule has 0 bridgehead atoms. The Labute approximate surface area is 111 Å². The van der Waals surface area contributed by atoms with Crippen molar-refractivity contribution in [2.45, 2.75) is 58.8 Å². The summed E-state index contributed by atoms with van der Waals surface area (Å²) in [7, 11) is 0. The summed E-state index contributed by atoms with van der Waals surface area (Å²) in [6, 6.07) is 6.81. The molecule has 0 nitrogen and oxygen atoms in total. The van der Waals surface area contributed by atoms with Crippen LogP contribution in [0.4, 0.5) is 0 Å². The predicted octanol–water partition coefficient (Wildman–Crippen LogP) is 5.53. The standard InChI is InChI=1S/C16H25Cl/c1-5-12-9-10-14(8-4)15(11-12)16(17)13(6-2)7-3/h9-11,13,16H,5-8H2,1-4H3. The van der Waals surface area contributed by atoms with Gasteiger partial charge in [-0.15, -0.1) is 11.6 Å². The average Bonchev–Trinajstić information content (AvgIpc) is 2.39. The van der Waals surface area contributed by atoms with E-state index in [2.05, 4.69) is 45.9 Å². The molecule has 0 radical (unpaired) electrons. The van der Waals surface area contributed by atoms with E-state index in [-0.39, 0.29) is 5.38 Å². The Kier molecular flexibility index (Phi) is 6.05. The summed E-state index contributed by atoms with van der Waals surface area (Å²) >= 11 is 6.69. The van der Waals surface area contributed by atoms with Gasteiger partial charge in [-0.25, -0.2) is 0 Å². The quantitative estimate of drug-likeness (QED) is 0.584. The highest BCUT2D eigenvalue weighted by atomic mass is 35.5. The maximum atomic E-state index is 6.69. The first-order chi connectivity index (χ1) is 8.17. The van der Waals surface area contributed by atoms with Crippen molar-refractivity contribution in [3.05, 3.63) is 34.9 Å². The fourth-order valence-corrected chi connectivity index (χ4v) is 2.96. The van der Waals surface area contributed by atoms with E-state index in [0.717, 1.165) is 25.7 Å².